The number of benzene rings is 3. The minimum Gasteiger partial charge on any atom is -0.485 e. The monoisotopic (exact) mass is 508 g/mol. The largest absolute Gasteiger partial charge is 0.485 e. The van der Waals surface area contributed by atoms with Gasteiger partial charge in [0.05, 0.1) is 0 Å². The van der Waals surface area contributed by atoms with Gasteiger partial charge in [0.2, 0.25) is 0 Å². The molecule has 128 valence electrons. The fourth-order valence-corrected chi connectivity index (χ4v) is 3.99. The molecule has 3 rings (SSSR count). The molecule has 0 aromatic heterocycles. The fraction of sp³-hybridized carbons (Fsp3) is 0.143. The summed E-state index contributed by atoms with van der Waals surface area (Å²) in [7, 11) is 0. The van der Waals surface area contributed by atoms with Crippen molar-refractivity contribution in [1.29, 1.82) is 0 Å². The molecule has 0 N–H and O–H groups in total. The summed E-state index contributed by atoms with van der Waals surface area (Å²) in [6.07, 6.45) is 0. The third-order valence-corrected chi connectivity index (χ3v) is 5.34. The second-order valence-electron chi connectivity index (χ2n) is 5.57. The first-order valence-electron chi connectivity index (χ1n) is 7.98. The summed E-state index contributed by atoms with van der Waals surface area (Å²) in [5, 5.41) is 0.784. The Bertz CT molecular complexity index is 807. The number of ether oxygens (including phenoxy) is 2. The van der Waals surface area contributed by atoms with E-state index in [0.717, 1.165) is 31.5 Å². The van der Waals surface area contributed by atoms with E-state index in [1.807, 2.05) is 42.5 Å². The molecule has 3 aromatic carbocycles. The maximum Gasteiger partial charge on any atom is 0.162 e. The predicted octanol–water partition coefficient (Wildman–Crippen LogP) is 6.34. The van der Waals surface area contributed by atoms with Crippen molar-refractivity contribution in [1.82, 2.24) is 0 Å². The van der Waals surface area contributed by atoms with Crippen LogP contribution >= 0.6 is 38.5 Å². The van der Waals surface area contributed by atoms with Gasteiger partial charge in [-0.05, 0) is 51.4 Å². The van der Waals surface area contributed by atoms with E-state index in [1.54, 1.807) is 0 Å². The molecular weight excluding hydrogens is 491 g/mol. The Kier molecular flexibility index (Phi) is 6.76. The molecule has 0 bridgehead atoms. The van der Waals surface area contributed by atoms with Crippen molar-refractivity contribution in [3.63, 3.8) is 0 Å². The maximum absolute atomic E-state index is 6.06. The number of hydrogen-bond donors (Lipinski definition) is 0. The van der Waals surface area contributed by atoms with Crippen molar-refractivity contribution in [2.24, 2.45) is 0 Å². The Labute approximate surface area is 170 Å². The molecule has 0 aliphatic heterocycles. The van der Waals surface area contributed by atoms with Gasteiger partial charge >= 0.3 is 0 Å². The van der Waals surface area contributed by atoms with Crippen LogP contribution in [0.1, 0.15) is 16.7 Å². The van der Waals surface area contributed by atoms with Crippen molar-refractivity contribution in [3.05, 3.63) is 93.1 Å². The molecule has 25 heavy (non-hydrogen) atoms. The average Bonchev–Trinajstić information content (AvgIpc) is 2.67. The molecule has 0 fully saturated rings. The van der Waals surface area contributed by atoms with E-state index in [2.05, 4.69) is 68.9 Å². The van der Waals surface area contributed by atoms with Crippen LogP contribution in [0.15, 0.2) is 72.8 Å². The predicted molar refractivity (Wildman–Crippen MR) is 113 cm³/mol. The lowest BCUT2D eigenvalue weighted by Crippen LogP contribution is -2.02. The molecule has 2 nitrogen and oxygen atoms in total. The van der Waals surface area contributed by atoms with Gasteiger partial charge in [-0.1, -0.05) is 76.6 Å². The zero-order chi connectivity index (χ0) is 17.5. The van der Waals surface area contributed by atoms with Crippen molar-refractivity contribution in [2.45, 2.75) is 18.5 Å². The molecule has 0 unspecified atom stereocenters. The lowest BCUT2D eigenvalue weighted by Gasteiger charge is -2.15. The number of halogens is 2. The van der Waals surface area contributed by atoms with E-state index in [1.165, 1.54) is 5.56 Å². The second kappa shape index (κ2) is 9.25. The number of hydrogen-bond acceptors (Lipinski definition) is 2. The molecule has 0 atom stereocenters. The van der Waals surface area contributed by atoms with E-state index in [4.69, 9.17) is 9.47 Å². The first-order valence-corrected chi connectivity index (χ1v) is 10.2. The van der Waals surface area contributed by atoms with Crippen LogP contribution in [0.25, 0.3) is 0 Å². The zero-order valence-electron chi connectivity index (χ0n) is 13.6. The smallest absolute Gasteiger partial charge is 0.162 e. The highest BCUT2D eigenvalue weighted by molar-refractivity contribution is 14.1. The van der Waals surface area contributed by atoms with Gasteiger partial charge in [0.25, 0.3) is 0 Å². The molecule has 0 heterocycles. The van der Waals surface area contributed by atoms with Gasteiger partial charge in [0.15, 0.2) is 11.5 Å². The van der Waals surface area contributed by atoms with Crippen LogP contribution in [0.4, 0.5) is 0 Å². The van der Waals surface area contributed by atoms with Gasteiger partial charge in [-0.2, -0.15) is 0 Å². The van der Waals surface area contributed by atoms with E-state index in [-0.39, 0.29) is 0 Å². The highest BCUT2D eigenvalue weighted by Gasteiger charge is 2.11. The summed E-state index contributed by atoms with van der Waals surface area (Å²) < 4.78 is 13.3. The Hall–Kier alpha value is -1.53. The Morgan fingerprint density at radius 3 is 1.68 bits per heavy atom. The quantitative estimate of drug-likeness (QED) is 0.273. The van der Waals surface area contributed by atoms with Gasteiger partial charge in [0.1, 0.15) is 13.2 Å². The first kappa shape index (κ1) is 18.3. The Morgan fingerprint density at radius 2 is 1.20 bits per heavy atom. The van der Waals surface area contributed by atoms with Crippen LogP contribution < -0.4 is 9.47 Å². The highest BCUT2D eigenvalue weighted by atomic mass is 127. The highest BCUT2D eigenvalue weighted by Crippen LogP contribution is 2.34. The lowest BCUT2D eigenvalue weighted by molar-refractivity contribution is 0.255. The molecule has 4 heteroatoms. The third kappa shape index (κ3) is 5.22. The van der Waals surface area contributed by atoms with Crippen LogP contribution in [0, 0.1) is 3.57 Å². The topological polar surface area (TPSA) is 18.5 Å². The second-order valence-corrected chi connectivity index (χ2v) is 7.30. The molecule has 0 aliphatic rings. The summed E-state index contributed by atoms with van der Waals surface area (Å²) in [6.45, 7) is 1.04. The van der Waals surface area contributed by atoms with Crippen LogP contribution in [0.2, 0.25) is 0 Å². The Morgan fingerprint density at radius 1 is 0.720 bits per heavy atom. The Balaban J connectivity index is 1.78. The molecule has 3 aromatic rings. The zero-order valence-corrected chi connectivity index (χ0v) is 17.4. The number of rotatable bonds is 7. The molecule has 0 spiro atoms. The standard InChI is InChI=1S/C21H18BrIO2/c22-13-18-11-20(24-14-16-7-3-1-4-8-16)21(12-19(18)23)25-15-17-9-5-2-6-10-17/h1-12H,13-15H2. The van der Waals surface area contributed by atoms with E-state index >= 15 is 0 Å². The third-order valence-electron chi connectivity index (χ3n) is 3.73. The first-order chi connectivity index (χ1) is 12.3. The minimum atomic E-state index is 0.519. The molecular formula is C21H18BrIO2. The summed E-state index contributed by atoms with van der Waals surface area (Å²) in [6, 6.07) is 24.4. The summed E-state index contributed by atoms with van der Waals surface area (Å²) in [5.41, 5.74) is 3.46. The lowest BCUT2D eigenvalue weighted by atomic mass is 10.2. The van der Waals surface area contributed by atoms with E-state index in [9.17, 15) is 0 Å². The summed E-state index contributed by atoms with van der Waals surface area (Å²) in [4.78, 5) is 0. The maximum atomic E-state index is 6.06. The summed E-state index contributed by atoms with van der Waals surface area (Å²) in [5.74, 6) is 1.54. The average molecular weight is 509 g/mol. The van der Waals surface area contributed by atoms with Crippen molar-refractivity contribution in [3.8, 4) is 11.5 Å². The molecule has 0 amide bonds. The molecule has 0 aliphatic carbocycles. The normalized spacial score (nSPS) is 10.5. The van der Waals surface area contributed by atoms with Gasteiger partial charge in [-0.15, -0.1) is 0 Å². The van der Waals surface area contributed by atoms with Crippen LogP contribution in [0.5, 0.6) is 11.5 Å². The van der Waals surface area contributed by atoms with Gasteiger partial charge < -0.3 is 9.47 Å². The SMILES string of the molecule is BrCc1cc(OCc2ccccc2)c(OCc2ccccc2)cc1I. The van der Waals surface area contributed by atoms with Crippen molar-refractivity contribution in [2.75, 3.05) is 0 Å². The van der Waals surface area contributed by atoms with Gasteiger partial charge in [-0.3, -0.25) is 0 Å². The molecule has 0 radical (unpaired) electrons. The fourth-order valence-electron chi connectivity index (χ4n) is 2.38. The van der Waals surface area contributed by atoms with Crippen molar-refractivity contribution >= 4 is 38.5 Å². The van der Waals surface area contributed by atoms with E-state index in [0.29, 0.717) is 13.2 Å². The molecule has 0 saturated heterocycles. The minimum absolute atomic E-state index is 0.519. The van der Waals surface area contributed by atoms with Crippen LogP contribution in [0.3, 0.4) is 0 Å². The van der Waals surface area contributed by atoms with Gasteiger partial charge in [0, 0.05) is 8.90 Å². The summed E-state index contributed by atoms with van der Waals surface area (Å²) >= 11 is 5.87. The van der Waals surface area contributed by atoms with Crippen LogP contribution in [-0.2, 0) is 18.5 Å². The van der Waals surface area contributed by atoms with Crippen LogP contribution in [-0.4, -0.2) is 0 Å². The molecule has 0 saturated carbocycles. The van der Waals surface area contributed by atoms with Gasteiger partial charge in [-0.25, -0.2) is 0 Å². The van der Waals surface area contributed by atoms with E-state index < -0.39 is 0 Å². The van der Waals surface area contributed by atoms with Crippen molar-refractivity contribution < 1.29 is 9.47 Å². The number of alkyl halides is 1.